The van der Waals surface area contributed by atoms with Crippen LogP contribution in [0.1, 0.15) is 10.4 Å². The number of phosphoric ester groups is 1. The minimum absolute atomic E-state index is 0.0210. The molecular formula is C17H20N3O10P. The number of rotatable bonds is 7. The highest BCUT2D eigenvalue weighted by molar-refractivity contribution is 7.46. The zero-order valence-electron chi connectivity index (χ0n) is 16.1. The van der Waals surface area contributed by atoms with Gasteiger partial charge in [-0.05, 0) is 30.3 Å². The quantitative estimate of drug-likeness (QED) is 0.241. The summed E-state index contributed by atoms with van der Waals surface area (Å²) in [6.45, 7) is -0.878. The summed E-state index contributed by atoms with van der Waals surface area (Å²) in [4.78, 5) is 47.3. The van der Waals surface area contributed by atoms with Crippen LogP contribution in [0.4, 0.5) is 5.82 Å². The lowest BCUT2D eigenvalue weighted by molar-refractivity contribution is -0.117. The molecule has 0 saturated carbocycles. The largest absolute Gasteiger partial charge is 0.497 e. The molecular weight excluding hydrogens is 437 g/mol. The number of nitrogen functional groups attached to an aromatic ring is 1. The van der Waals surface area contributed by atoms with Crippen LogP contribution in [0.3, 0.4) is 0 Å². The highest BCUT2D eigenvalue weighted by atomic mass is 31.2. The number of ketones is 1. The third-order valence-electron chi connectivity index (χ3n) is 4.70. The van der Waals surface area contributed by atoms with E-state index < -0.39 is 49.9 Å². The Hall–Kier alpha value is -2.64. The van der Waals surface area contributed by atoms with E-state index in [9.17, 15) is 24.4 Å². The fraction of sp³-hybridized carbons (Fsp3) is 0.353. The number of hydrogen-bond acceptors (Lipinski definition) is 10. The molecule has 1 aromatic heterocycles. The molecule has 1 fully saturated rings. The minimum atomic E-state index is -4.95. The molecule has 1 aliphatic heterocycles. The van der Waals surface area contributed by atoms with Gasteiger partial charge in [0.1, 0.15) is 29.9 Å². The van der Waals surface area contributed by atoms with E-state index in [1.807, 2.05) is 0 Å². The summed E-state index contributed by atoms with van der Waals surface area (Å²) >= 11 is 0. The Labute approximate surface area is 174 Å². The number of carbonyl (C=O) groups is 1. The third kappa shape index (κ3) is 4.38. The molecule has 168 valence electrons. The average Bonchev–Trinajstić information content (AvgIpc) is 2.97. The van der Waals surface area contributed by atoms with Crippen LogP contribution in [-0.4, -0.2) is 67.4 Å². The number of ether oxygens (including phenoxy) is 2. The molecule has 0 radical (unpaired) electrons. The third-order valence-corrected chi connectivity index (χ3v) is 5.19. The summed E-state index contributed by atoms with van der Waals surface area (Å²) in [6, 6.07) is 6.78. The Kier molecular flexibility index (Phi) is 6.30. The maximum absolute atomic E-state index is 13.5. The summed E-state index contributed by atoms with van der Waals surface area (Å²) in [7, 11) is -3.53. The van der Waals surface area contributed by atoms with Crippen LogP contribution >= 0.6 is 7.82 Å². The minimum Gasteiger partial charge on any atom is -0.497 e. The van der Waals surface area contributed by atoms with E-state index in [-0.39, 0.29) is 11.4 Å². The van der Waals surface area contributed by atoms with Gasteiger partial charge >= 0.3 is 13.5 Å². The summed E-state index contributed by atoms with van der Waals surface area (Å²) in [5, 5.41) is 21.2. The highest BCUT2D eigenvalue weighted by Gasteiger charge is 2.61. The van der Waals surface area contributed by atoms with Crippen molar-refractivity contribution in [2.45, 2.75) is 24.0 Å². The zero-order valence-corrected chi connectivity index (χ0v) is 17.0. The number of nitrogens with two attached hydrogens (primary N) is 1. The van der Waals surface area contributed by atoms with E-state index in [1.165, 1.54) is 37.4 Å². The number of nitrogens with zero attached hydrogens (tertiary/aromatic N) is 2. The summed E-state index contributed by atoms with van der Waals surface area (Å²) < 4.78 is 26.6. The fourth-order valence-electron chi connectivity index (χ4n) is 3.22. The van der Waals surface area contributed by atoms with E-state index in [2.05, 4.69) is 9.51 Å². The van der Waals surface area contributed by atoms with Crippen molar-refractivity contribution in [3.8, 4) is 5.75 Å². The molecule has 0 unspecified atom stereocenters. The van der Waals surface area contributed by atoms with Crippen molar-refractivity contribution >= 4 is 19.4 Å². The van der Waals surface area contributed by atoms with Gasteiger partial charge in [-0.3, -0.25) is 13.9 Å². The number of methoxy groups -OCH3 is 1. The standard InChI is InChI=1S/C17H20N3O10P/c1-28-10-4-2-9(3-5-10)14(22)17(20-7-6-12(18)19-16(20)24)15(23)13(21)11(30-17)8-29-31(25,26)27/h2-7,11,13,15,21,23H,8H2,1H3,(H2,18,19,24)(H2,25,26,27)/t11-,13-,15-,17-/m1/s1. The first-order chi connectivity index (χ1) is 14.5. The predicted octanol–water partition coefficient (Wildman–Crippen LogP) is -1.40. The number of aliphatic hydroxyl groups is 2. The number of benzene rings is 1. The Bertz CT molecular complexity index is 1070. The lowest BCUT2D eigenvalue weighted by Gasteiger charge is -2.32. The molecule has 14 heteroatoms. The first kappa shape index (κ1) is 23.0. The second-order valence-corrected chi connectivity index (χ2v) is 7.88. The molecule has 31 heavy (non-hydrogen) atoms. The zero-order chi connectivity index (χ0) is 23.0. The van der Waals surface area contributed by atoms with Crippen molar-refractivity contribution in [2.24, 2.45) is 0 Å². The van der Waals surface area contributed by atoms with Crippen molar-refractivity contribution < 1.29 is 43.4 Å². The molecule has 6 N–H and O–H groups in total. The van der Waals surface area contributed by atoms with Crippen LogP contribution in [0.2, 0.25) is 0 Å². The van der Waals surface area contributed by atoms with Gasteiger partial charge in [0.05, 0.1) is 13.7 Å². The number of aromatic nitrogens is 2. The second kappa shape index (κ2) is 8.48. The maximum Gasteiger partial charge on any atom is 0.469 e. The van der Waals surface area contributed by atoms with Gasteiger partial charge in [0.15, 0.2) is 0 Å². The predicted molar refractivity (Wildman–Crippen MR) is 103 cm³/mol. The lowest BCUT2D eigenvalue weighted by atomic mass is 9.93. The summed E-state index contributed by atoms with van der Waals surface area (Å²) in [5.74, 6) is -0.672. The molecule has 1 aromatic carbocycles. The van der Waals surface area contributed by atoms with Gasteiger partial charge in [-0.25, -0.2) is 9.36 Å². The fourth-order valence-corrected chi connectivity index (χ4v) is 3.56. The van der Waals surface area contributed by atoms with Crippen molar-refractivity contribution in [2.75, 3.05) is 19.5 Å². The molecule has 2 aromatic rings. The van der Waals surface area contributed by atoms with E-state index in [1.54, 1.807) is 0 Å². The van der Waals surface area contributed by atoms with Crippen molar-refractivity contribution in [3.63, 3.8) is 0 Å². The number of Topliss-reactive ketones (excluding diaryl/α,β-unsaturated/α-hetero) is 1. The van der Waals surface area contributed by atoms with Crippen LogP contribution in [0, 0.1) is 0 Å². The number of carbonyl (C=O) groups excluding carboxylic acids is 1. The monoisotopic (exact) mass is 457 g/mol. The topological polar surface area (TPSA) is 204 Å². The molecule has 3 rings (SSSR count). The van der Waals surface area contributed by atoms with E-state index in [0.717, 1.165) is 6.20 Å². The van der Waals surface area contributed by atoms with Crippen LogP contribution in [0.15, 0.2) is 41.3 Å². The van der Waals surface area contributed by atoms with Crippen molar-refractivity contribution in [1.82, 2.24) is 9.55 Å². The lowest BCUT2D eigenvalue weighted by Crippen LogP contribution is -2.56. The van der Waals surface area contributed by atoms with Gasteiger partial charge in [0.2, 0.25) is 11.5 Å². The molecule has 0 aliphatic carbocycles. The first-order valence-corrected chi connectivity index (χ1v) is 10.3. The Morgan fingerprint density at radius 2 is 1.94 bits per heavy atom. The number of hydrogen-bond donors (Lipinski definition) is 5. The first-order valence-electron chi connectivity index (χ1n) is 8.78. The van der Waals surface area contributed by atoms with E-state index >= 15 is 0 Å². The smallest absolute Gasteiger partial charge is 0.469 e. The van der Waals surface area contributed by atoms with Crippen molar-refractivity contribution in [3.05, 3.63) is 52.6 Å². The average molecular weight is 457 g/mol. The van der Waals surface area contributed by atoms with Crippen LogP contribution in [0.25, 0.3) is 0 Å². The maximum atomic E-state index is 13.5. The van der Waals surface area contributed by atoms with Gasteiger partial charge < -0.3 is 35.2 Å². The van der Waals surface area contributed by atoms with Gasteiger partial charge in [0.25, 0.3) is 0 Å². The Balaban J connectivity index is 2.11. The van der Waals surface area contributed by atoms with Gasteiger partial charge in [-0.1, -0.05) is 0 Å². The molecule has 2 heterocycles. The summed E-state index contributed by atoms with van der Waals surface area (Å²) in [6.07, 6.45) is -4.41. The van der Waals surface area contributed by atoms with E-state index in [0.29, 0.717) is 10.3 Å². The Morgan fingerprint density at radius 1 is 1.29 bits per heavy atom. The number of phosphoric acid groups is 1. The van der Waals surface area contributed by atoms with Gasteiger partial charge in [0, 0.05) is 11.8 Å². The Morgan fingerprint density at radius 3 is 2.48 bits per heavy atom. The van der Waals surface area contributed by atoms with Gasteiger partial charge in [-0.2, -0.15) is 4.98 Å². The molecule has 0 bridgehead atoms. The van der Waals surface area contributed by atoms with Crippen molar-refractivity contribution in [1.29, 1.82) is 0 Å². The molecule has 13 nitrogen and oxygen atoms in total. The van der Waals surface area contributed by atoms with Crippen LogP contribution in [0.5, 0.6) is 5.75 Å². The molecule has 1 saturated heterocycles. The highest BCUT2D eigenvalue weighted by Crippen LogP contribution is 2.41. The second-order valence-electron chi connectivity index (χ2n) is 6.64. The van der Waals surface area contributed by atoms with Crippen LogP contribution < -0.4 is 16.2 Å². The number of aliphatic hydroxyl groups excluding tert-OH is 2. The SMILES string of the molecule is COc1ccc(C(=O)[C@@]2(n3ccc(N)nc3=O)O[C@H](COP(=O)(O)O)[C@@H](O)[C@H]2O)cc1. The normalized spacial score (nSPS) is 26.0. The molecule has 0 spiro atoms. The number of anilines is 1. The van der Waals surface area contributed by atoms with E-state index in [4.69, 9.17) is 25.0 Å². The molecule has 0 amide bonds. The molecule has 1 aliphatic rings. The summed E-state index contributed by atoms with van der Waals surface area (Å²) in [5.41, 5.74) is 1.89. The molecule has 4 atom stereocenters. The van der Waals surface area contributed by atoms with Crippen LogP contribution in [-0.2, 0) is 19.6 Å². The van der Waals surface area contributed by atoms with Gasteiger partial charge in [-0.15, -0.1) is 0 Å².